The van der Waals surface area contributed by atoms with E-state index >= 15 is 0 Å². The number of rotatable bonds is 3. The molecule has 29 heavy (non-hydrogen) atoms. The average molecular weight is 395 g/mol. The van der Waals surface area contributed by atoms with Crippen LogP contribution in [0.5, 0.6) is 0 Å². The minimum atomic E-state index is -0.783. The SMILES string of the molecule is Cc1ccc(C2Cn3nnc(-c4noc(-c5c(F)cccc5F)n4)c3CO2)cc1. The van der Waals surface area contributed by atoms with E-state index in [-0.39, 0.29) is 30.0 Å². The van der Waals surface area contributed by atoms with Crippen LogP contribution in [0.1, 0.15) is 22.9 Å². The first-order valence-electron chi connectivity index (χ1n) is 8.99. The number of halogens is 2. The summed E-state index contributed by atoms with van der Waals surface area (Å²) < 4.78 is 40.7. The fraction of sp³-hybridized carbons (Fsp3) is 0.200. The summed E-state index contributed by atoms with van der Waals surface area (Å²) in [5.74, 6) is -1.73. The molecule has 0 saturated carbocycles. The van der Waals surface area contributed by atoms with Gasteiger partial charge in [-0.05, 0) is 24.6 Å². The van der Waals surface area contributed by atoms with Crippen LogP contribution in [0.3, 0.4) is 0 Å². The molecule has 0 saturated heterocycles. The highest BCUT2D eigenvalue weighted by molar-refractivity contribution is 5.59. The van der Waals surface area contributed by atoms with Crippen molar-refractivity contribution < 1.29 is 18.0 Å². The molecule has 5 rings (SSSR count). The van der Waals surface area contributed by atoms with Crippen LogP contribution in [-0.4, -0.2) is 25.1 Å². The van der Waals surface area contributed by atoms with Crippen molar-refractivity contribution in [1.29, 1.82) is 0 Å². The fourth-order valence-electron chi connectivity index (χ4n) is 3.29. The molecule has 2 aromatic heterocycles. The predicted octanol–water partition coefficient (Wildman–Crippen LogP) is 3.85. The Bertz CT molecular complexity index is 1170. The average Bonchev–Trinajstić information content (AvgIpc) is 3.35. The van der Waals surface area contributed by atoms with Gasteiger partial charge in [0.05, 0.1) is 18.8 Å². The van der Waals surface area contributed by atoms with Gasteiger partial charge in [0.25, 0.3) is 5.89 Å². The van der Waals surface area contributed by atoms with Gasteiger partial charge >= 0.3 is 0 Å². The van der Waals surface area contributed by atoms with Crippen molar-refractivity contribution in [2.75, 3.05) is 0 Å². The van der Waals surface area contributed by atoms with Crippen LogP contribution in [-0.2, 0) is 17.9 Å². The monoisotopic (exact) mass is 395 g/mol. The highest BCUT2D eigenvalue weighted by Gasteiger charge is 2.28. The molecule has 0 spiro atoms. The summed E-state index contributed by atoms with van der Waals surface area (Å²) in [4.78, 5) is 4.11. The Morgan fingerprint density at radius 3 is 2.59 bits per heavy atom. The molecule has 9 heteroatoms. The van der Waals surface area contributed by atoms with E-state index in [0.29, 0.717) is 17.9 Å². The van der Waals surface area contributed by atoms with Crippen molar-refractivity contribution in [1.82, 2.24) is 25.1 Å². The Morgan fingerprint density at radius 1 is 1.07 bits per heavy atom. The third-order valence-corrected chi connectivity index (χ3v) is 4.86. The predicted molar refractivity (Wildman–Crippen MR) is 97.4 cm³/mol. The standard InChI is InChI=1S/C20H15F2N5O2/c1-11-5-7-12(8-6-11)16-9-27-15(10-28-16)18(24-26-27)19-23-20(29-25-19)17-13(21)3-2-4-14(17)22/h2-8,16H,9-10H2,1H3. The number of hydrogen-bond donors (Lipinski definition) is 0. The van der Waals surface area contributed by atoms with Gasteiger partial charge in [0.1, 0.15) is 23.3 Å². The Hall–Kier alpha value is -3.46. The first-order valence-corrected chi connectivity index (χ1v) is 8.99. The van der Waals surface area contributed by atoms with Gasteiger partial charge in [-0.3, -0.25) is 0 Å². The normalized spacial score (nSPS) is 16.0. The van der Waals surface area contributed by atoms with Gasteiger partial charge in [-0.15, -0.1) is 5.10 Å². The molecule has 1 unspecified atom stereocenters. The molecule has 2 aromatic carbocycles. The topological polar surface area (TPSA) is 78.9 Å². The number of nitrogens with zero attached hydrogens (tertiary/aromatic N) is 5. The molecule has 0 amide bonds. The summed E-state index contributed by atoms with van der Waals surface area (Å²) in [6, 6.07) is 11.6. The van der Waals surface area contributed by atoms with E-state index in [0.717, 1.165) is 17.7 Å². The molecule has 4 aromatic rings. The highest BCUT2D eigenvalue weighted by Crippen LogP contribution is 2.31. The second kappa shape index (κ2) is 6.85. The second-order valence-electron chi connectivity index (χ2n) is 6.80. The van der Waals surface area contributed by atoms with Gasteiger partial charge in [0.2, 0.25) is 5.82 Å². The van der Waals surface area contributed by atoms with Crippen LogP contribution in [0.25, 0.3) is 23.0 Å². The lowest BCUT2D eigenvalue weighted by atomic mass is 10.1. The summed E-state index contributed by atoms with van der Waals surface area (Å²) in [7, 11) is 0. The van der Waals surface area contributed by atoms with Crippen LogP contribution in [0, 0.1) is 18.6 Å². The third-order valence-electron chi connectivity index (χ3n) is 4.86. The zero-order chi connectivity index (χ0) is 20.0. The minimum absolute atomic E-state index is 0.0984. The van der Waals surface area contributed by atoms with E-state index in [1.807, 2.05) is 31.2 Å². The van der Waals surface area contributed by atoms with Crippen molar-refractivity contribution >= 4 is 0 Å². The molecule has 0 radical (unpaired) electrons. The number of benzene rings is 2. The fourth-order valence-corrected chi connectivity index (χ4v) is 3.29. The largest absolute Gasteiger partial charge is 0.365 e. The van der Waals surface area contributed by atoms with Gasteiger partial charge in [-0.25, -0.2) is 13.5 Å². The van der Waals surface area contributed by atoms with Crippen LogP contribution < -0.4 is 0 Å². The maximum Gasteiger partial charge on any atom is 0.264 e. The first-order chi connectivity index (χ1) is 14.1. The lowest BCUT2D eigenvalue weighted by molar-refractivity contribution is -0.00112. The summed E-state index contributed by atoms with van der Waals surface area (Å²) in [5.41, 5.74) is 2.89. The molecule has 0 bridgehead atoms. The zero-order valence-electron chi connectivity index (χ0n) is 15.3. The molecule has 1 aliphatic heterocycles. The van der Waals surface area contributed by atoms with Crippen LogP contribution in [0.4, 0.5) is 8.78 Å². The number of fused-ring (bicyclic) bond motifs is 1. The smallest absolute Gasteiger partial charge is 0.264 e. The number of hydrogen-bond acceptors (Lipinski definition) is 6. The van der Waals surface area contributed by atoms with Crippen LogP contribution in [0.15, 0.2) is 47.0 Å². The molecule has 7 nitrogen and oxygen atoms in total. The molecule has 0 fully saturated rings. The van der Waals surface area contributed by atoms with Crippen molar-refractivity contribution in [3.05, 3.63) is 70.9 Å². The molecule has 0 N–H and O–H groups in total. The number of aromatic nitrogens is 5. The lowest BCUT2D eigenvalue weighted by Crippen LogP contribution is -2.22. The molecule has 146 valence electrons. The van der Waals surface area contributed by atoms with E-state index in [4.69, 9.17) is 9.26 Å². The van der Waals surface area contributed by atoms with Crippen molar-refractivity contribution in [3.8, 4) is 23.0 Å². The van der Waals surface area contributed by atoms with Gasteiger partial charge in [0, 0.05) is 0 Å². The van der Waals surface area contributed by atoms with E-state index in [2.05, 4.69) is 20.5 Å². The molecular formula is C20H15F2N5O2. The zero-order valence-corrected chi connectivity index (χ0v) is 15.3. The molecule has 1 atom stereocenters. The van der Waals surface area contributed by atoms with Crippen molar-refractivity contribution in [3.63, 3.8) is 0 Å². The van der Waals surface area contributed by atoms with Crippen LogP contribution in [0.2, 0.25) is 0 Å². The summed E-state index contributed by atoms with van der Waals surface area (Å²) in [5, 5.41) is 12.1. The van der Waals surface area contributed by atoms with Crippen molar-refractivity contribution in [2.45, 2.75) is 26.2 Å². The molecular weight excluding hydrogens is 380 g/mol. The van der Waals surface area contributed by atoms with Crippen molar-refractivity contribution in [2.24, 2.45) is 0 Å². The quantitative estimate of drug-likeness (QED) is 0.524. The Kier molecular flexibility index (Phi) is 4.17. The number of aryl methyl sites for hydroxylation is 1. The lowest BCUT2D eigenvalue weighted by Gasteiger charge is -2.24. The number of ether oxygens (including phenoxy) is 1. The molecule has 0 aliphatic carbocycles. The third kappa shape index (κ3) is 3.09. The first kappa shape index (κ1) is 17.6. The van der Waals surface area contributed by atoms with Gasteiger partial charge < -0.3 is 9.26 Å². The van der Waals surface area contributed by atoms with Crippen LogP contribution >= 0.6 is 0 Å². The van der Waals surface area contributed by atoms with Gasteiger partial charge in [-0.2, -0.15) is 4.98 Å². The van der Waals surface area contributed by atoms with E-state index in [1.54, 1.807) is 4.68 Å². The Labute approximate surface area is 163 Å². The Balaban J connectivity index is 1.44. The maximum atomic E-state index is 14.0. The highest BCUT2D eigenvalue weighted by atomic mass is 19.1. The molecule has 1 aliphatic rings. The molecule has 3 heterocycles. The van der Waals surface area contributed by atoms with E-state index in [9.17, 15) is 8.78 Å². The maximum absolute atomic E-state index is 14.0. The minimum Gasteiger partial charge on any atom is -0.365 e. The second-order valence-corrected chi connectivity index (χ2v) is 6.80. The summed E-state index contributed by atoms with van der Waals surface area (Å²) >= 11 is 0. The van der Waals surface area contributed by atoms with E-state index in [1.165, 1.54) is 11.6 Å². The van der Waals surface area contributed by atoms with E-state index < -0.39 is 11.6 Å². The summed E-state index contributed by atoms with van der Waals surface area (Å²) in [6.07, 6.45) is -0.147. The van der Waals surface area contributed by atoms with Gasteiger partial charge in [-0.1, -0.05) is 46.3 Å². The Morgan fingerprint density at radius 2 is 1.83 bits per heavy atom. The van der Waals surface area contributed by atoms with Gasteiger partial charge in [0.15, 0.2) is 5.69 Å². The summed E-state index contributed by atoms with van der Waals surface area (Å²) in [6.45, 7) is 2.76.